The summed E-state index contributed by atoms with van der Waals surface area (Å²) in [5.41, 5.74) is 3.78. The Morgan fingerprint density at radius 1 is 1.10 bits per heavy atom. The minimum atomic E-state index is -0.298. The van der Waals surface area contributed by atoms with Gasteiger partial charge in [0.05, 0.1) is 25.5 Å². The third kappa shape index (κ3) is 5.05. The van der Waals surface area contributed by atoms with Gasteiger partial charge in [0.25, 0.3) is 5.91 Å². The zero-order valence-electron chi connectivity index (χ0n) is 17.3. The SMILES string of the molecule is COC(=O)CCCNC(=O)c1cn(-c2ccc(C)cc2)nc1-c1cccc(OC)c1. The van der Waals surface area contributed by atoms with Crippen LogP contribution in [0.5, 0.6) is 5.75 Å². The third-order valence-electron chi connectivity index (χ3n) is 4.67. The van der Waals surface area contributed by atoms with Gasteiger partial charge in [-0.25, -0.2) is 4.68 Å². The van der Waals surface area contributed by atoms with Crippen LogP contribution in [-0.2, 0) is 9.53 Å². The van der Waals surface area contributed by atoms with Crippen molar-refractivity contribution in [3.05, 3.63) is 65.9 Å². The monoisotopic (exact) mass is 407 g/mol. The summed E-state index contributed by atoms with van der Waals surface area (Å²) in [5.74, 6) is 0.131. The molecule has 156 valence electrons. The van der Waals surface area contributed by atoms with Crippen molar-refractivity contribution in [3.8, 4) is 22.7 Å². The molecule has 0 aliphatic carbocycles. The Morgan fingerprint density at radius 2 is 1.87 bits per heavy atom. The third-order valence-corrected chi connectivity index (χ3v) is 4.67. The molecule has 0 saturated carbocycles. The van der Waals surface area contributed by atoms with E-state index in [0.29, 0.717) is 30.0 Å². The lowest BCUT2D eigenvalue weighted by atomic mass is 10.1. The Labute approximate surface area is 175 Å². The summed E-state index contributed by atoms with van der Waals surface area (Å²) in [6, 6.07) is 15.3. The summed E-state index contributed by atoms with van der Waals surface area (Å²) >= 11 is 0. The predicted molar refractivity (Wildman–Crippen MR) is 114 cm³/mol. The van der Waals surface area contributed by atoms with Gasteiger partial charge in [0.1, 0.15) is 11.4 Å². The maximum absolute atomic E-state index is 12.9. The number of ether oxygens (including phenoxy) is 2. The molecule has 7 heteroatoms. The molecule has 1 aromatic heterocycles. The second kappa shape index (κ2) is 9.73. The van der Waals surface area contributed by atoms with Gasteiger partial charge >= 0.3 is 5.97 Å². The van der Waals surface area contributed by atoms with E-state index < -0.39 is 0 Å². The molecule has 1 heterocycles. The number of amides is 1. The standard InChI is InChI=1S/C23H25N3O4/c1-16-9-11-18(12-10-16)26-15-20(23(28)24-13-5-8-21(27)30-3)22(25-26)17-6-4-7-19(14-17)29-2/h4,6-7,9-12,14-15H,5,8,13H2,1-3H3,(H,24,28). The molecule has 0 saturated heterocycles. The van der Waals surface area contributed by atoms with Crippen molar-refractivity contribution < 1.29 is 19.1 Å². The normalized spacial score (nSPS) is 10.5. The smallest absolute Gasteiger partial charge is 0.305 e. The highest BCUT2D eigenvalue weighted by molar-refractivity contribution is 6.00. The van der Waals surface area contributed by atoms with Gasteiger partial charge in [0.2, 0.25) is 0 Å². The summed E-state index contributed by atoms with van der Waals surface area (Å²) in [6.07, 6.45) is 2.47. The van der Waals surface area contributed by atoms with Crippen LogP contribution in [-0.4, -0.2) is 42.4 Å². The fraction of sp³-hybridized carbons (Fsp3) is 0.261. The fourth-order valence-corrected chi connectivity index (χ4v) is 2.99. The number of carbonyl (C=O) groups is 2. The summed E-state index contributed by atoms with van der Waals surface area (Å²) in [6.45, 7) is 2.38. The molecule has 0 bridgehead atoms. The quantitative estimate of drug-likeness (QED) is 0.456. The Morgan fingerprint density at radius 3 is 2.57 bits per heavy atom. The average Bonchev–Trinajstić information content (AvgIpc) is 3.22. The first-order valence-electron chi connectivity index (χ1n) is 9.68. The molecule has 3 rings (SSSR count). The Hall–Kier alpha value is -3.61. The van der Waals surface area contributed by atoms with Crippen LogP contribution in [0.1, 0.15) is 28.8 Å². The number of hydrogen-bond donors (Lipinski definition) is 1. The van der Waals surface area contributed by atoms with Crippen LogP contribution in [0.3, 0.4) is 0 Å². The molecule has 0 aliphatic heterocycles. The number of hydrogen-bond acceptors (Lipinski definition) is 5. The fourth-order valence-electron chi connectivity index (χ4n) is 2.99. The largest absolute Gasteiger partial charge is 0.497 e. The summed E-state index contributed by atoms with van der Waals surface area (Å²) in [7, 11) is 2.94. The summed E-state index contributed by atoms with van der Waals surface area (Å²) in [4.78, 5) is 24.1. The molecule has 0 radical (unpaired) electrons. The van der Waals surface area contributed by atoms with E-state index in [4.69, 9.17) is 4.74 Å². The van der Waals surface area contributed by atoms with Crippen molar-refractivity contribution in [1.82, 2.24) is 15.1 Å². The van der Waals surface area contributed by atoms with Crippen molar-refractivity contribution in [2.45, 2.75) is 19.8 Å². The molecule has 0 atom stereocenters. The minimum Gasteiger partial charge on any atom is -0.497 e. The van der Waals surface area contributed by atoms with Gasteiger partial charge in [-0.2, -0.15) is 5.10 Å². The van der Waals surface area contributed by atoms with Gasteiger partial charge in [-0.15, -0.1) is 0 Å². The highest BCUT2D eigenvalue weighted by Crippen LogP contribution is 2.27. The maximum atomic E-state index is 12.9. The van der Waals surface area contributed by atoms with Crippen LogP contribution in [0.4, 0.5) is 0 Å². The highest BCUT2D eigenvalue weighted by Gasteiger charge is 2.19. The minimum absolute atomic E-state index is 0.252. The second-order valence-electron chi connectivity index (χ2n) is 6.84. The van der Waals surface area contributed by atoms with Crippen LogP contribution in [0.15, 0.2) is 54.7 Å². The van der Waals surface area contributed by atoms with Crippen LogP contribution < -0.4 is 10.1 Å². The number of rotatable bonds is 8. The molecule has 7 nitrogen and oxygen atoms in total. The number of nitrogens with zero attached hydrogens (tertiary/aromatic N) is 2. The second-order valence-corrected chi connectivity index (χ2v) is 6.84. The number of carbonyl (C=O) groups excluding carboxylic acids is 2. The Balaban J connectivity index is 1.90. The van der Waals surface area contributed by atoms with E-state index >= 15 is 0 Å². The molecule has 1 amide bonds. The topological polar surface area (TPSA) is 82.5 Å². The molecule has 0 unspecified atom stereocenters. The lowest BCUT2D eigenvalue weighted by Gasteiger charge is -2.06. The molecule has 0 fully saturated rings. The molecule has 3 aromatic rings. The number of benzene rings is 2. The number of methoxy groups -OCH3 is 2. The molecule has 2 aromatic carbocycles. The maximum Gasteiger partial charge on any atom is 0.305 e. The van der Waals surface area contributed by atoms with Crippen molar-refractivity contribution in [3.63, 3.8) is 0 Å². The number of nitrogens with one attached hydrogen (secondary N) is 1. The van der Waals surface area contributed by atoms with E-state index in [0.717, 1.165) is 16.8 Å². The van der Waals surface area contributed by atoms with Gasteiger partial charge < -0.3 is 14.8 Å². The van der Waals surface area contributed by atoms with Crippen LogP contribution in [0, 0.1) is 6.92 Å². The van der Waals surface area contributed by atoms with Gasteiger partial charge in [0.15, 0.2) is 0 Å². The van der Waals surface area contributed by atoms with Crippen molar-refractivity contribution in [1.29, 1.82) is 0 Å². The van der Waals surface area contributed by atoms with E-state index in [-0.39, 0.29) is 18.3 Å². The lowest BCUT2D eigenvalue weighted by molar-refractivity contribution is -0.140. The molecular weight excluding hydrogens is 382 g/mol. The van der Waals surface area contributed by atoms with E-state index in [1.165, 1.54) is 7.11 Å². The molecule has 1 N–H and O–H groups in total. The zero-order chi connectivity index (χ0) is 21.5. The first kappa shape index (κ1) is 21.1. The highest BCUT2D eigenvalue weighted by atomic mass is 16.5. The van der Waals surface area contributed by atoms with Crippen LogP contribution in [0.25, 0.3) is 16.9 Å². The first-order valence-corrected chi connectivity index (χ1v) is 9.68. The van der Waals surface area contributed by atoms with E-state index in [2.05, 4.69) is 15.2 Å². The van der Waals surface area contributed by atoms with Gasteiger partial charge in [-0.05, 0) is 37.6 Å². The Bertz CT molecular complexity index is 1030. The van der Waals surface area contributed by atoms with Crippen LogP contribution >= 0.6 is 0 Å². The van der Waals surface area contributed by atoms with E-state index in [1.807, 2.05) is 55.5 Å². The van der Waals surface area contributed by atoms with E-state index in [9.17, 15) is 9.59 Å². The van der Waals surface area contributed by atoms with Crippen LogP contribution in [0.2, 0.25) is 0 Å². The number of esters is 1. The van der Waals surface area contributed by atoms with Gasteiger partial charge in [0, 0.05) is 24.7 Å². The summed E-state index contributed by atoms with van der Waals surface area (Å²) < 4.78 is 11.6. The lowest BCUT2D eigenvalue weighted by Crippen LogP contribution is -2.25. The van der Waals surface area contributed by atoms with E-state index in [1.54, 1.807) is 18.0 Å². The number of aryl methyl sites for hydroxylation is 1. The molecular formula is C23H25N3O4. The van der Waals surface area contributed by atoms with Crippen molar-refractivity contribution >= 4 is 11.9 Å². The summed E-state index contributed by atoms with van der Waals surface area (Å²) in [5, 5.41) is 7.53. The molecule has 30 heavy (non-hydrogen) atoms. The Kier molecular flexibility index (Phi) is 6.85. The predicted octanol–water partition coefficient (Wildman–Crippen LogP) is 3.54. The average molecular weight is 407 g/mol. The van der Waals surface area contributed by atoms with Crippen molar-refractivity contribution in [2.75, 3.05) is 20.8 Å². The zero-order valence-corrected chi connectivity index (χ0v) is 17.3. The van der Waals surface area contributed by atoms with Gasteiger partial charge in [-0.3, -0.25) is 9.59 Å². The molecule has 0 spiro atoms. The number of aromatic nitrogens is 2. The molecule has 0 aliphatic rings. The first-order chi connectivity index (χ1) is 14.5. The van der Waals surface area contributed by atoms with Crippen molar-refractivity contribution in [2.24, 2.45) is 0 Å². The van der Waals surface area contributed by atoms with Gasteiger partial charge in [-0.1, -0.05) is 29.8 Å².